The summed E-state index contributed by atoms with van der Waals surface area (Å²) < 4.78 is 0. The van der Waals surface area contributed by atoms with E-state index in [1.54, 1.807) is 11.8 Å². The van der Waals surface area contributed by atoms with Crippen LogP contribution in [0.25, 0.3) is 0 Å². The fourth-order valence-electron chi connectivity index (χ4n) is 2.21. The van der Waals surface area contributed by atoms with Crippen molar-refractivity contribution in [3.05, 3.63) is 23.8 Å². The lowest BCUT2D eigenvalue weighted by atomic mass is 9.87. The molecule has 16 heavy (non-hydrogen) atoms. The lowest BCUT2D eigenvalue weighted by Crippen LogP contribution is -2.43. The molecule has 0 radical (unpaired) electrons. The van der Waals surface area contributed by atoms with Crippen LogP contribution in [-0.2, 0) is 4.79 Å². The lowest BCUT2D eigenvalue weighted by Gasteiger charge is -2.36. The third-order valence-corrected chi connectivity index (χ3v) is 4.30. The third-order valence-electron chi connectivity index (χ3n) is 3.22. The van der Waals surface area contributed by atoms with Gasteiger partial charge in [0.25, 0.3) is 0 Å². The summed E-state index contributed by atoms with van der Waals surface area (Å²) in [6, 6.07) is 6.83. The molecule has 3 rings (SSSR count). The third kappa shape index (κ3) is 1.62. The molecule has 2 N–H and O–H groups in total. The molecule has 1 saturated heterocycles. The van der Waals surface area contributed by atoms with Gasteiger partial charge in [-0.15, -0.1) is 11.8 Å². The predicted octanol–water partition coefficient (Wildman–Crippen LogP) is 2.01. The van der Waals surface area contributed by atoms with E-state index >= 15 is 0 Å². The summed E-state index contributed by atoms with van der Waals surface area (Å²) in [7, 11) is 0. The van der Waals surface area contributed by atoms with Crippen LogP contribution in [0.4, 0.5) is 5.69 Å². The molecule has 84 valence electrons. The predicted molar refractivity (Wildman–Crippen MR) is 65.7 cm³/mol. The molecule has 1 amide bonds. The number of anilines is 1. The van der Waals surface area contributed by atoms with Crippen molar-refractivity contribution in [3.8, 4) is 0 Å². The van der Waals surface area contributed by atoms with Gasteiger partial charge in [0.2, 0.25) is 5.91 Å². The molecule has 2 heterocycles. The summed E-state index contributed by atoms with van der Waals surface area (Å²) >= 11 is 1.61. The van der Waals surface area contributed by atoms with E-state index in [9.17, 15) is 4.79 Å². The number of rotatable bonds is 1. The molecule has 3 nitrogen and oxygen atoms in total. The van der Waals surface area contributed by atoms with Crippen LogP contribution in [0.15, 0.2) is 23.1 Å². The molecule has 0 bridgehead atoms. The van der Waals surface area contributed by atoms with Gasteiger partial charge >= 0.3 is 0 Å². The molecule has 2 aliphatic heterocycles. The molecule has 0 spiro atoms. The van der Waals surface area contributed by atoms with Crippen molar-refractivity contribution < 1.29 is 4.79 Å². The molecule has 1 aromatic carbocycles. The largest absolute Gasteiger partial charge is 0.324 e. The normalized spacial score (nSPS) is 27.9. The second-order valence-electron chi connectivity index (χ2n) is 4.46. The highest BCUT2D eigenvalue weighted by molar-refractivity contribution is 8.00. The van der Waals surface area contributed by atoms with Crippen molar-refractivity contribution in [2.75, 3.05) is 17.6 Å². The van der Waals surface area contributed by atoms with Gasteiger partial charge in [0.15, 0.2) is 0 Å². The van der Waals surface area contributed by atoms with E-state index in [4.69, 9.17) is 0 Å². The number of hydrogen-bond acceptors (Lipinski definition) is 3. The first-order valence-corrected chi connectivity index (χ1v) is 6.52. The minimum atomic E-state index is 0.101. The van der Waals surface area contributed by atoms with Gasteiger partial charge < -0.3 is 10.6 Å². The average Bonchev–Trinajstić information content (AvgIpc) is 2.26. The molecular weight excluding hydrogens is 220 g/mol. The van der Waals surface area contributed by atoms with Gasteiger partial charge in [0.1, 0.15) is 0 Å². The zero-order valence-electron chi connectivity index (χ0n) is 9.12. The first kappa shape index (κ1) is 10.2. The molecule has 1 fully saturated rings. The Balaban J connectivity index is 1.92. The summed E-state index contributed by atoms with van der Waals surface area (Å²) in [5.41, 5.74) is 2.25. The van der Waals surface area contributed by atoms with Gasteiger partial charge in [-0.2, -0.15) is 0 Å². The first-order valence-electron chi connectivity index (χ1n) is 5.54. The van der Waals surface area contributed by atoms with E-state index in [0.717, 1.165) is 12.2 Å². The number of thioether (sulfide) groups is 1. The van der Waals surface area contributed by atoms with E-state index in [2.05, 4.69) is 35.8 Å². The summed E-state index contributed by atoms with van der Waals surface area (Å²) in [5, 5.41) is 6.34. The Hall–Kier alpha value is -1.000. The van der Waals surface area contributed by atoms with Crippen LogP contribution in [-0.4, -0.2) is 18.2 Å². The number of carbonyl (C=O) groups is 1. The van der Waals surface area contributed by atoms with Crippen LogP contribution < -0.4 is 10.6 Å². The van der Waals surface area contributed by atoms with Crippen LogP contribution in [0.2, 0.25) is 0 Å². The summed E-state index contributed by atoms with van der Waals surface area (Å²) in [6.45, 7) is 3.33. The topological polar surface area (TPSA) is 41.1 Å². The second-order valence-corrected chi connectivity index (χ2v) is 5.47. The molecule has 0 saturated carbocycles. The van der Waals surface area contributed by atoms with Gasteiger partial charge in [-0.3, -0.25) is 4.79 Å². The summed E-state index contributed by atoms with van der Waals surface area (Å²) in [4.78, 5) is 12.5. The average molecular weight is 234 g/mol. The van der Waals surface area contributed by atoms with Gasteiger partial charge in [-0.05, 0) is 23.6 Å². The van der Waals surface area contributed by atoms with Crippen LogP contribution in [0.3, 0.4) is 0 Å². The number of carbonyl (C=O) groups excluding carboxylic acids is 1. The fraction of sp³-hybridized carbons (Fsp3) is 0.417. The Morgan fingerprint density at radius 3 is 3.00 bits per heavy atom. The molecule has 1 aromatic rings. The second kappa shape index (κ2) is 3.79. The van der Waals surface area contributed by atoms with Crippen molar-refractivity contribution >= 4 is 23.4 Å². The monoisotopic (exact) mass is 234 g/mol. The minimum Gasteiger partial charge on any atom is -0.324 e. The zero-order chi connectivity index (χ0) is 11.1. The Morgan fingerprint density at radius 1 is 1.44 bits per heavy atom. The smallest absolute Gasteiger partial charge is 0.234 e. The van der Waals surface area contributed by atoms with Crippen molar-refractivity contribution in [2.24, 2.45) is 5.92 Å². The van der Waals surface area contributed by atoms with Crippen molar-refractivity contribution in [1.29, 1.82) is 0 Å². The molecule has 4 heteroatoms. The quantitative estimate of drug-likeness (QED) is 0.781. The molecule has 0 aromatic heterocycles. The van der Waals surface area contributed by atoms with E-state index in [1.165, 1.54) is 10.5 Å². The number of hydrogen-bond donors (Lipinski definition) is 2. The van der Waals surface area contributed by atoms with Crippen LogP contribution >= 0.6 is 11.8 Å². The Morgan fingerprint density at radius 2 is 2.31 bits per heavy atom. The van der Waals surface area contributed by atoms with Crippen molar-refractivity contribution in [3.63, 3.8) is 0 Å². The Labute approximate surface area is 99.0 Å². The highest BCUT2D eigenvalue weighted by atomic mass is 32.2. The lowest BCUT2D eigenvalue weighted by molar-refractivity contribution is -0.113. The van der Waals surface area contributed by atoms with Crippen LogP contribution in [0.1, 0.15) is 18.5 Å². The molecule has 2 unspecified atom stereocenters. The maximum Gasteiger partial charge on any atom is 0.234 e. The maximum atomic E-state index is 11.3. The summed E-state index contributed by atoms with van der Waals surface area (Å²) in [6.07, 6.45) is 0. The zero-order valence-corrected chi connectivity index (χ0v) is 9.93. The fourth-order valence-corrected chi connectivity index (χ4v) is 3.00. The first-order chi connectivity index (χ1) is 7.74. The molecule has 2 atom stereocenters. The van der Waals surface area contributed by atoms with Gasteiger partial charge in [0, 0.05) is 17.5 Å². The van der Waals surface area contributed by atoms with E-state index in [0.29, 0.717) is 17.7 Å². The number of nitrogens with one attached hydrogen (secondary N) is 2. The Kier molecular flexibility index (Phi) is 2.41. The van der Waals surface area contributed by atoms with E-state index in [-0.39, 0.29) is 5.91 Å². The van der Waals surface area contributed by atoms with Gasteiger partial charge in [0.05, 0.1) is 11.4 Å². The highest BCUT2D eigenvalue weighted by Crippen LogP contribution is 2.36. The van der Waals surface area contributed by atoms with Crippen LogP contribution in [0, 0.1) is 5.92 Å². The van der Waals surface area contributed by atoms with Crippen molar-refractivity contribution in [2.45, 2.75) is 17.9 Å². The maximum absolute atomic E-state index is 11.3. The van der Waals surface area contributed by atoms with Gasteiger partial charge in [-0.25, -0.2) is 0 Å². The van der Waals surface area contributed by atoms with Crippen LogP contribution in [0.5, 0.6) is 0 Å². The molecular formula is C12H14N2OS. The molecule has 2 aliphatic rings. The minimum absolute atomic E-state index is 0.101. The Bertz CT molecular complexity index is 447. The number of amides is 1. The van der Waals surface area contributed by atoms with Crippen molar-refractivity contribution in [1.82, 2.24) is 5.32 Å². The standard InChI is InChI=1S/C12H14N2OS/c1-7-5-13-12(7)8-2-3-10-9(4-8)14-11(15)6-16-10/h2-4,7,12-13H,5-6H2,1H3,(H,14,15). The molecule has 0 aliphatic carbocycles. The van der Waals surface area contributed by atoms with E-state index in [1.807, 2.05) is 0 Å². The number of benzene rings is 1. The summed E-state index contributed by atoms with van der Waals surface area (Å²) in [5.74, 6) is 1.32. The van der Waals surface area contributed by atoms with Gasteiger partial charge in [-0.1, -0.05) is 13.0 Å². The van der Waals surface area contributed by atoms with E-state index < -0.39 is 0 Å². The highest BCUT2D eigenvalue weighted by Gasteiger charge is 2.28. The number of fused-ring (bicyclic) bond motifs is 1. The SMILES string of the molecule is CC1CNC1c1ccc2c(c1)NC(=O)CS2.